The number of nitrogens with zero attached hydrogens (tertiary/aromatic N) is 7. The van der Waals surface area contributed by atoms with Crippen LogP contribution >= 0.6 is 9.24 Å². The summed E-state index contributed by atoms with van der Waals surface area (Å²) in [5.41, 5.74) is -0.566. The molecule has 24 nitrogen and oxygen atoms in total. The topological polar surface area (TPSA) is 296 Å². The Morgan fingerprint density at radius 3 is 1.27 bits per heavy atom. The molecule has 11 amide bonds. The van der Waals surface area contributed by atoms with Gasteiger partial charge in [0.15, 0.2) is 5.52 Å². The number of hydrogen-bond acceptors (Lipinski definition) is 13. The van der Waals surface area contributed by atoms with Gasteiger partial charge in [0.1, 0.15) is 66.5 Å². The van der Waals surface area contributed by atoms with Gasteiger partial charge in [-0.1, -0.05) is 118 Å². The molecule has 1 heterocycles. The van der Waals surface area contributed by atoms with Crippen LogP contribution in [0.25, 0.3) is 0 Å². The van der Waals surface area contributed by atoms with Crippen molar-refractivity contribution in [2.45, 2.75) is 235 Å². The number of likely N-dealkylation sites (N-methyl/N-ethyl adjacent to an activating group) is 7. The second-order valence-corrected chi connectivity index (χ2v) is 27.6. The number of rotatable bonds is 17. The Hall–Kier alpha value is -6.03. The van der Waals surface area contributed by atoms with Gasteiger partial charge in [0.05, 0.1) is 6.10 Å². The molecule has 0 aromatic carbocycles. The van der Waals surface area contributed by atoms with E-state index in [-0.39, 0.29) is 62.2 Å². The highest BCUT2D eigenvalue weighted by Crippen LogP contribution is 2.26. The molecule has 1 aliphatic rings. The highest BCUT2D eigenvalue weighted by atomic mass is 31.0. The maximum Gasteiger partial charge on any atom is 0.246 e. The molecule has 0 bridgehead atoms. The second kappa shape index (κ2) is 36.7. The summed E-state index contributed by atoms with van der Waals surface area (Å²) in [6.07, 6.45) is 2.11. The zero-order valence-electron chi connectivity index (χ0n) is 58.1. The first kappa shape index (κ1) is 81.0. The van der Waals surface area contributed by atoms with E-state index in [0.29, 0.717) is 0 Å². The zero-order chi connectivity index (χ0) is 69.1. The lowest BCUT2D eigenvalue weighted by atomic mass is 9.91. The SMILES string of the molecule is C/C=C/C[C@@H](C)[C@@H](O)C1C(=O)N[C@@H](CC)C(=O)N(C)C(CC(=O)P)C(=O)N(C)[C@@H](CC(C)C)C(=O)N[C@@H](C(C)C)C(=O)N(C)[C@@H](CC(C)C)C(=O)N[C@@H](C)C(=O)N[C@@H](C)C(=O)N(C)[C@@H](CC(C)C)C(=O)N(C)[C@@H](CC(C)C)C(=O)N(C)[C@@H](C(C)C)C(=O)N1C. The lowest BCUT2D eigenvalue weighted by Gasteiger charge is -2.41. The van der Waals surface area contributed by atoms with Gasteiger partial charge in [0, 0.05) is 55.8 Å². The van der Waals surface area contributed by atoms with Crippen molar-refractivity contribution < 1.29 is 62.6 Å². The van der Waals surface area contributed by atoms with Crippen LogP contribution in [0.5, 0.6) is 0 Å². The van der Waals surface area contributed by atoms with E-state index in [4.69, 9.17) is 0 Å². The molecule has 89 heavy (non-hydrogen) atoms. The van der Waals surface area contributed by atoms with Gasteiger partial charge < -0.3 is 60.7 Å². The van der Waals surface area contributed by atoms with Gasteiger partial charge in [-0.15, -0.1) is 0 Å². The van der Waals surface area contributed by atoms with Crippen LogP contribution in [-0.4, -0.2) is 232 Å². The lowest BCUT2D eigenvalue weighted by molar-refractivity contribution is -0.157. The van der Waals surface area contributed by atoms with Crippen LogP contribution in [0.2, 0.25) is 0 Å². The third-order valence-electron chi connectivity index (χ3n) is 16.8. The summed E-state index contributed by atoms with van der Waals surface area (Å²) in [6.45, 7) is 29.5. The molecule has 25 heteroatoms. The molecular formula is C64H114N11O13P. The van der Waals surface area contributed by atoms with E-state index in [0.717, 1.165) is 14.7 Å². The molecule has 1 rings (SSSR count). The molecule has 0 spiro atoms. The molecule has 5 N–H and O–H groups in total. The number of amides is 11. The lowest BCUT2D eigenvalue weighted by Crippen LogP contribution is -2.64. The molecule has 0 aliphatic carbocycles. The Balaban J connectivity index is 4.49. The van der Waals surface area contributed by atoms with Crippen molar-refractivity contribution in [2.24, 2.45) is 41.4 Å². The van der Waals surface area contributed by atoms with Gasteiger partial charge in [-0.05, 0) is 101 Å². The minimum Gasteiger partial charge on any atom is -0.390 e. The normalized spacial score (nSPS) is 27.0. The van der Waals surface area contributed by atoms with Crippen molar-refractivity contribution in [3.05, 3.63) is 12.2 Å². The fourth-order valence-corrected chi connectivity index (χ4v) is 11.4. The number of allylic oxidation sites excluding steroid dienone is 2. The summed E-state index contributed by atoms with van der Waals surface area (Å²) in [7, 11) is 11.7. The van der Waals surface area contributed by atoms with Crippen molar-refractivity contribution in [1.29, 1.82) is 0 Å². The Bertz CT molecular complexity index is 2490. The quantitative estimate of drug-likeness (QED) is 0.103. The summed E-state index contributed by atoms with van der Waals surface area (Å²) in [4.78, 5) is 183. The van der Waals surface area contributed by atoms with Crippen LogP contribution in [0.3, 0.4) is 0 Å². The van der Waals surface area contributed by atoms with Crippen molar-refractivity contribution in [2.75, 3.05) is 49.3 Å². The molecule has 0 saturated carbocycles. The largest absolute Gasteiger partial charge is 0.390 e. The Morgan fingerprint density at radius 1 is 0.461 bits per heavy atom. The van der Waals surface area contributed by atoms with Crippen LogP contribution in [-0.2, 0) is 57.5 Å². The van der Waals surface area contributed by atoms with Gasteiger partial charge in [-0.25, -0.2) is 0 Å². The van der Waals surface area contributed by atoms with Crippen molar-refractivity contribution in [3.63, 3.8) is 0 Å². The van der Waals surface area contributed by atoms with E-state index < -0.39 is 167 Å². The van der Waals surface area contributed by atoms with Crippen LogP contribution in [0.4, 0.5) is 0 Å². The highest BCUT2D eigenvalue weighted by Gasteiger charge is 2.46. The van der Waals surface area contributed by atoms with E-state index in [2.05, 4.69) is 21.3 Å². The molecule has 1 fully saturated rings. The number of hydrogen-bond donors (Lipinski definition) is 5. The maximum atomic E-state index is 15.2. The molecular weight excluding hydrogens is 1160 g/mol. The smallest absolute Gasteiger partial charge is 0.246 e. The molecule has 0 aromatic rings. The van der Waals surface area contributed by atoms with Gasteiger partial charge in [-0.3, -0.25) is 57.5 Å². The van der Waals surface area contributed by atoms with E-state index in [1.54, 1.807) is 60.6 Å². The maximum absolute atomic E-state index is 15.2. The van der Waals surface area contributed by atoms with Crippen LogP contribution in [0.1, 0.15) is 163 Å². The predicted octanol–water partition coefficient (Wildman–Crippen LogP) is 3.43. The van der Waals surface area contributed by atoms with Gasteiger partial charge in [-0.2, -0.15) is 0 Å². The summed E-state index contributed by atoms with van der Waals surface area (Å²) in [6, 6.07) is -14.5. The monoisotopic (exact) mass is 1280 g/mol. The molecule has 0 aromatic heterocycles. The summed E-state index contributed by atoms with van der Waals surface area (Å²) < 4.78 is 0. The van der Waals surface area contributed by atoms with E-state index >= 15 is 14.4 Å². The van der Waals surface area contributed by atoms with E-state index in [1.807, 2.05) is 64.6 Å². The molecule has 3 unspecified atom stereocenters. The fraction of sp³-hybridized carbons (Fsp3) is 0.781. The van der Waals surface area contributed by atoms with Crippen LogP contribution < -0.4 is 21.3 Å². The van der Waals surface area contributed by atoms with Crippen LogP contribution in [0.15, 0.2) is 12.2 Å². The van der Waals surface area contributed by atoms with Crippen molar-refractivity contribution in [1.82, 2.24) is 55.6 Å². The average Bonchev–Trinajstić information content (AvgIpc) is 1.46. The minimum absolute atomic E-state index is 0.0604. The molecule has 1 saturated heterocycles. The Kier molecular flexibility index (Phi) is 33.4. The van der Waals surface area contributed by atoms with Crippen LogP contribution in [0, 0.1) is 41.4 Å². The Labute approximate surface area is 534 Å². The summed E-state index contributed by atoms with van der Waals surface area (Å²) in [5.74, 6) is -10.7. The molecule has 0 radical (unpaired) electrons. The molecule has 14 atom stereocenters. The number of carbonyl (C=O) groups excluding carboxylic acids is 12. The highest BCUT2D eigenvalue weighted by molar-refractivity contribution is 7.40. The minimum atomic E-state index is -1.68. The number of carbonyl (C=O) groups is 12. The summed E-state index contributed by atoms with van der Waals surface area (Å²) >= 11 is 0. The Morgan fingerprint density at radius 2 is 0.843 bits per heavy atom. The fourth-order valence-electron chi connectivity index (χ4n) is 11.2. The number of nitrogens with one attached hydrogen (secondary N) is 4. The predicted molar refractivity (Wildman–Crippen MR) is 347 cm³/mol. The van der Waals surface area contributed by atoms with Gasteiger partial charge in [0.2, 0.25) is 65.0 Å². The van der Waals surface area contributed by atoms with E-state index in [9.17, 15) is 48.3 Å². The third kappa shape index (κ3) is 22.7. The number of aliphatic hydroxyl groups excluding tert-OH is 1. The van der Waals surface area contributed by atoms with Crippen molar-refractivity contribution >= 4 is 79.7 Å². The first-order chi connectivity index (χ1) is 41.0. The number of aliphatic hydroxyl groups is 1. The first-order valence-electron chi connectivity index (χ1n) is 31.7. The third-order valence-corrected chi connectivity index (χ3v) is 17.0. The summed E-state index contributed by atoms with van der Waals surface area (Å²) in [5, 5.41) is 23.1. The van der Waals surface area contributed by atoms with Gasteiger partial charge in [0.25, 0.3) is 0 Å². The van der Waals surface area contributed by atoms with Gasteiger partial charge >= 0.3 is 0 Å². The average molecular weight is 1280 g/mol. The van der Waals surface area contributed by atoms with Crippen molar-refractivity contribution in [3.8, 4) is 0 Å². The standard InChI is InChI=1S/C64H114N11O13P/c1-25-27-28-40(15)53(77)52-57(81)67-43(26-2)59(83)72(21)48(33-49(76)89)61(85)69(18)45(30-35(5)6)56(80)68-50(38(11)12)63(87)70(19)44(29-34(3)4)55(79)65-41(16)54(78)66-42(17)58(82)71(20)46(31-36(7)8)60(84)73(22)47(32-37(9)10)62(86)74(23)51(39(13)14)64(88)75(52)24/h25,27,34-48,50-53,77H,26,28-33,89H2,1-24H3,(H,65,79)(H,66,78)(H,67,81)(H,68,80)/b27-25+/t40-,41+,42+,43+,44+,45+,46+,47+,48?,50+,51+,52?,53-/m1/s1. The first-order valence-corrected chi connectivity index (χ1v) is 32.3. The molecule has 508 valence electrons. The molecule has 1 aliphatic heterocycles. The van der Waals surface area contributed by atoms with E-state index in [1.165, 1.54) is 82.8 Å². The zero-order valence-corrected chi connectivity index (χ0v) is 59.3. The second-order valence-electron chi connectivity index (χ2n) is 27.0.